The highest BCUT2D eigenvalue weighted by atomic mass is 35.5. The highest BCUT2D eigenvalue weighted by molar-refractivity contribution is 6.44. The fourth-order valence-electron chi connectivity index (χ4n) is 1.03. The highest BCUT2D eigenvalue weighted by Gasteiger charge is 2.33. The minimum atomic E-state index is -4.68. The van der Waals surface area contributed by atoms with Crippen LogP contribution in [0.4, 0.5) is 18.9 Å². The normalized spacial score (nSPS) is 11.9. The van der Waals surface area contributed by atoms with E-state index in [1.54, 1.807) is 0 Å². The number of nitrogens with zero attached hydrogens (tertiary/aromatic N) is 1. The molecule has 16 heavy (non-hydrogen) atoms. The van der Waals surface area contributed by atoms with Gasteiger partial charge in [-0.15, -0.1) is 23.2 Å². The Labute approximate surface area is 97.9 Å². The Kier molecular flexibility index (Phi) is 3.64. The number of nitro groups is 1. The molecule has 0 aliphatic heterocycles. The van der Waals surface area contributed by atoms with Crippen LogP contribution in [0, 0.1) is 10.1 Å². The Morgan fingerprint density at radius 3 is 2.19 bits per heavy atom. The van der Waals surface area contributed by atoms with Crippen molar-refractivity contribution >= 4 is 28.9 Å². The standard InChI is InChI=1S/C8H4Cl2F3NO2/c9-7(10)4-1-5(8(11,12)13)3-6(2-4)14(15)16/h1-3,7H. The average Bonchev–Trinajstić information content (AvgIpc) is 2.15. The first kappa shape index (κ1) is 13.1. The summed E-state index contributed by atoms with van der Waals surface area (Å²) in [6, 6.07) is 2.01. The van der Waals surface area contributed by atoms with Crippen molar-refractivity contribution < 1.29 is 18.1 Å². The molecule has 0 aliphatic carbocycles. The molecule has 0 saturated carbocycles. The van der Waals surface area contributed by atoms with Gasteiger partial charge in [0.05, 0.1) is 10.5 Å². The lowest BCUT2D eigenvalue weighted by atomic mass is 10.1. The van der Waals surface area contributed by atoms with Gasteiger partial charge in [-0.05, 0) is 11.6 Å². The Balaban J connectivity index is 3.36. The lowest BCUT2D eigenvalue weighted by Crippen LogP contribution is -2.06. The van der Waals surface area contributed by atoms with E-state index in [-0.39, 0.29) is 5.56 Å². The third-order valence-electron chi connectivity index (χ3n) is 1.73. The molecule has 0 unspecified atom stereocenters. The molecule has 0 saturated heterocycles. The lowest BCUT2D eigenvalue weighted by Gasteiger charge is -2.09. The summed E-state index contributed by atoms with van der Waals surface area (Å²) in [5.74, 6) is 0. The first-order valence-electron chi connectivity index (χ1n) is 3.86. The number of benzene rings is 1. The van der Waals surface area contributed by atoms with E-state index >= 15 is 0 Å². The summed E-state index contributed by atoms with van der Waals surface area (Å²) in [6.45, 7) is 0. The average molecular weight is 274 g/mol. The van der Waals surface area contributed by atoms with Gasteiger partial charge in [0.2, 0.25) is 0 Å². The maximum Gasteiger partial charge on any atom is 0.416 e. The van der Waals surface area contributed by atoms with Gasteiger partial charge in [-0.3, -0.25) is 10.1 Å². The van der Waals surface area contributed by atoms with E-state index in [1.807, 2.05) is 0 Å². The predicted octanol–water partition coefficient (Wildman–Crippen LogP) is 4.09. The Morgan fingerprint density at radius 1 is 1.25 bits per heavy atom. The first-order chi connectivity index (χ1) is 7.21. The fraction of sp³-hybridized carbons (Fsp3) is 0.250. The van der Waals surface area contributed by atoms with Crippen molar-refractivity contribution in [1.82, 2.24) is 0 Å². The highest BCUT2D eigenvalue weighted by Crippen LogP contribution is 2.36. The zero-order valence-corrected chi connectivity index (χ0v) is 8.97. The predicted molar refractivity (Wildman–Crippen MR) is 52.5 cm³/mol. The summed E-state index contributed by atoms with van der Waals surface area (Å²) in [4.78, 5) is 8.22. The number of halogens is 5. The maximum absolute atomic E-state index is 12.4. The summed E-state index contributed by atoms with van der Waals surface area (Å²) in [5, 5.41) is 10.4. The largest absolute Gasteiger partial charge is 0.416 e. The molecule has 0 heterocycles. The van der Waals surface area contributed by atoms with Crippen LogP contribution in [0.25, 0.3) is 0 Å². The topological polar surface area (TPSA) is 43.1 Å². The number of hydrogen-bond acceptors (Lipinski definition) is 2. The van der Waals surface area contributed by atoms with Gasteiger partial charge in [0.25, 0.3) is 5.69 Å². The quantitative estimate of drug-likeness (QED) is 0.463. The van der Waals surface area contributed by atoms with Crippen molar-refractivity contribution in [2.45, 2.75) is 11.0 Å². The Hall–Kier alpha value is -1.01. The molecule has 0 aliphatic rings. The molecule has 0 fully saturated rings. The molecular formula is C8H4Cl2F3NO2. The molecule has 0 N–H and O–H groups in total. The zero-order chi connectivity index (χ0) is 12.5. The van der Waals surface area contributed by atoms with Crippen molar-refractivity contribution in [3.63, 3.8) is 0 Å². The Morgan fingerprint density at radius 2 is 1.81 bits per heavy atom. The number of rotatable bonds is 2. The summed E-state index contributed by atoms with van der Waals surface area (Å²) in [5.41, 5.74) is -2.01. The van der Waals surface area contributed by atoms with Gasteiger partial charge in [0.1, 0.15) is 4.84 Å². The lowest BCUT2D eigenvalue weighted by molar-refractivity contribution is -0.385. The molecule has 1 rings (SSSR count). The molecule has 0 amide bonds. The van der Waals surface area contributed by atoms with Crippen LogP contribution >= 0.6 is 23.2 Å². The van der Waals surface area contributed by atoms with Crippen LogP contribution in [-0.4, -0.2) is 4.92 Å². The number of nitro benzene ring substituents is 1. The molecule has 0 radical (unpaired) electrons. The van der Waals surface area contributed by atoms with E-state index in [1.165, 1.54) is 0 Å². The van der Waals surface area contributed by atoms with E-state index in [4.69, 9.17) is 23.2 Å². The molecule has 88 valence electrons. The van der Waals surface area contributed by atoms with Crippen LogP contribution in [0.5, 0.6) is 0 Å². The van der Waals surface area contributed by atoms with Crippen LogP contribution in [0.1, 0.15) is 16.0 Å². The maximum atomic E-state index is 12.4. The van der Waals surface area contributed by atoms with Crippen molar-refractivity contribution in [3.8, 4) is 0 Å². The van der Waals surface area contributed by atoms with Crippen molar-refractivity contribution in [2.24, 2.45) is 0 Å². The number of hydrogen-bond donors (Lipinski definition) is 0. The van der Waals surface area contributed by atoms with E-state index in [9.17, 15) is 23.3 Å². The first-order valence-corrected chi connectivity index (χ1v) is 4.74. The Bertz CT molecular complexity index is 420. The van der Waals surface area contributed by atoms with Gasteiger partial charge in [-0.25, -0.2) is 0 Å². The summed E-state index contributed by atoms with van der Waals surface area (Å²) >= 11 is 10.8. The van der Waals surface area contributed by atoms with Crippen LogP contribution in [0.3, 0.4) is 0 Å². The third-order valence-corrected chi connectivity index (χ3v) is 2.23. The van der Waals surface area contributed by atoms with E-state index in [0.29, 0.717) is 12.1 Å². The van der Waals surface area contributed by atoms with Gasteiger partial charge in [0, 0.05) is 12.1 Å². The van der Waals surface area contributed by atoms with E-state index in [2.05, 4.69) is 0 Å². The van der Waals surface area contributed by atoms with E-state index < -0.39 is 27.2 Å². The van der Waals surface area contributed by atoms with Gasteiger partial charge < -0.3 is 0 Å². The monoisotopic (exact) mass is 273 g/mol. The van der Waals surface area contributed by atoms with Gasteiger partial charge in [-0.1, -0.05) is 0 Å². The summed E-state index contributed by atoms with van der Waals surface area (Å²) < 4.78 is 37.1. The summed E-state index contributed by atoms with van der Waals surface area (Å²) in [7, 11) is 0. The SMILES string of the molecule is O=[N+]([O-])c1cc(C(Cl)Cl)cc(C(F)(F)F)c1. The van der Waals surface area contributed by atoms with Crippen LogP contribution < -0.4 is 0 Å². The smallest absolute Gasteiger partial charge is 0.258 e. The van der Waals surface area contributed by atoms with Gasteiger partial charge in [-0.2, -0.15) is 13.2 Å². The molecule has 3 nitrogen and oxygen atoms in total. The van der Waals surface area contributed by atoms with Gasteiger partial charge in [0.15, 0.2) is 0 Å². The molecule has 0 atom stereocenters. The molecular weight excluding hydrogens is 270 g/mol. The molecule has 1 aromatic carbocycles. The van der Waals surface area contributed by atoms with Crippen molar-refractivity contribution in [1.29, 1.82) is 0 Å². The molecule has 0 bridgehead atoms. The summed E-state index contributed by atoms with van der Waals surface area (Å²) in [6.07, 6.45) is -4.68. The van der Waals surface area contributed by atoms with Crippen molar-refractivity contribution in [2.75, 3.05) is 0 Å². The van der Waals surface area contributed by atoms with Crippen LogP contribution in [-0.2, 0) is 6.18 Å². The third kappa shape index (κ3) is 2.99. The second-order valence-electron chi connectivity index (χ2n) is 2.87. The van der Waals surface area contributed by atoms with Crippen LogP contribution in [0.2, 0.25) is 0 Å². The molecule has 0 spiro atoms. The zero-order valence-electron chi connectivity index (χ0n) is 7.46. The number of alkyl halides is 5. The van der Waals surface area contributed by atoms with E-state index in [0.717, 1.165) is 6.07 Å². The van der Waals surface area contributed by atoms with Crippen molar-refractivity contribution in [3.05, 3.63) is 39.4 Å². The van der Waals surface area contributed by atoms with Crippen LogP contribution in [0.15, 0.2) is 18.2 Å². The molecule has 0 aromatic heterocycles. The molecule has 8 heteroatoms. The second kappa shape index (κ2) is 4.47. The fourth-order valence-corrected chi connectivity index (χ4v) is 1.28. The second-order valence-corrected chi connectivity index (χ2v) is 3.97. The minimum Gasteiger partial charge on any atom is -0.258 e. The molecule has 1 aromatic rings. The number of non-ortho nitro benzene ring substituents is 1. The minimum absolute atomic E-state index is 0.162. The van der Waals surface area contributed by atoms with Gasteiger partial charge >= 0.3 is 6.18 Å².